The lowest BCUT2D eigenvalue weighted by Crippen LogP contribution is -2.26. The monoisotopic (exact) mass is 602 g/mol. The van der Waals surface area contributed by atoms with Crippen LogP contribution in [-0.4, -0.2) is 37.9 Å². The molecule has 3 aromatic heterocycles. The molecular formula is C31H29ClF2N8O. The van der Waals surface area contributed by atoms with E-state index >= 15 is 0 Å². The molecule has 1 fully saturated rings. The second-order valence-corrected chi connectivity index (χ2v) is 12.5. The van der Waals surface area contributed by atoms with Crippen LogP contribution in [0.2, 0.25) is 5.02 Å². The Hall–Kier alpha value is -4.56. The summed E-state index contributed by atoms with van der Waals surface area (Å²) in [6.07, 6.45) is 2.65. The number of nitriles is 1. The van der Waals surface area contributed by atoms with Crippen LogP contribution in [0.5, 0.6) is 0 Å². The number of halogens is 3. The Balaban J connectivity index is 1.50. The SMILES string of the molecule is CC(C)(C)CNc1c(C#N)cnc2c(Cl)cc(N[C@H](c3cn(C4(C(F)F)CC4)nn3)c3cccc4c(=O)[nH]ccc34)cc12. The molecule has 1 atom stereocenters. The first kappa shape index (κ1) is 28.6. The van der Waals surface area contributed by atoms with Crippen molar-refractivity contribution < 1.29 is 8.78 Å². The number of nitrogens with one attached hydrogen (secondary N) is 3. The van der Waals surface area contributed by atoms with E-state index in [2.05, 4.69) is 57.8 Å². The van der Waals surface area contributed by atoms with Crippen LogP contribution in [0.3, 0.4) is 0 Å². The Bertz CT molecular complexity index is 1950. The molecule has 43 heavy (non-hydrogen) atoms. The van der Waals surface area contributed by atoms with Gasteiger partial charge in [0.05, 0.1) is 34.0 Å². The Morgan fingerprint density at radius 2 is 1.98 bits per heavy atom. The number of hydrogen-bond donors (Lipinski definition) is 3. The van der Waals surface area contributed by atoms with Gasteiger partial charge in [-0.1, -0.05) is 49.7 Å². The van der Waals surface area contributed by atoms with Crippen molar-refractivity contribution in [3.8, 4) is 6.07 Å². The number of benzene rings is 2. The van der Waals surface area contributed by atoms with Crippen molar-refractivity contribution in [1.29, 1.82) is 5.26 Å². The molecule has 0 saturated heterocycles. The molecular weight excluding hydrogens is 574 g/mol. The fourth-order valence-electron chi connectivity index (χ4n) is 5.25. The molecule has 0 radical (unpaired) electrons. The molecule has 0 amide bonds. The van der Waals surface area contributed by atoms with Crippen molar-refractivity contribution in [2.24, 2.45) is 5.41 Å². The van der Waals surface area contributed by atoms with Gasteiger partial charge >= 0.3 is 0 Å². The summed E-state index contributed by atoms with van der Waals surface area (Å²) in [5.74, 6) is 0. The van der Waals surface area contributed by atoms with E-state index in [1.54, 1.807) is 30.5 Å². The van der Waals surface area contributed by atoms with Crippen molar-refractivity contribution in [3.63, 3.8) is 0 Å². The number of aromatic nitrogens is 5. The molecule has 0 aliphatic heterocycles. The molecule has 0 bridgehead atoms. The minimum Gasteiger partial charge on any atom is -0.383 e. The minimum absolute atomic E-state index is 0.0672. The van der Waals surface area contributed by atoms with Crippen molar-refractivity contribution in [3.05, 3.63) is 87.2 Å². The second-order valence-electron chi connectivity index (χ2n) is 12.1. The van der Waals surface area contributed by atoms with Crippen LogP contribution in [0.1, 0.15) is 56.5 Å². The van der Waals surface area contributed by atoms with Gasteiger partial charge in [-0.15, -0.1) is 5.10 Å². The van der Waals surface area contributed by atoms with E-state index in [0.717, 1.165) is 0 Å². The summed E-state index contributed by atoms with van der Waals surface area (Å²) >= 11 is 6.74. The summed E-state index contributed by atoms with van der Waals surface area (Å²) in [6, 6.07) is 12.2. The van der Waals surface area contributed by atoms with Gasteiger partial charge in [-0.25, -0.2) is 13.5 Å². The number of aromatic amines is 1. The van der Waals surface area contributed by atoms with Crippen LogP contribution in [0.4, 0.5) is 20.2 Å². The van der Waals surface area contributed by atoms with Gasteiger partial charge < -0.3 is 15.6 Å². The summed E-state index contributed by atoms with van der Waals surface area (Å²) in [6.45, 7) is 6.85. The van der Waals surface area contributed by atoms with Crippen LogP contribution < -0.4 is 16.2 Å². The zero-order valence-corrected chi connectivity index (χ0v) is 24.5. The number of rotatable bonds is 8. The predicted molar refractivity (Wildman–Crippen MR) is 163 cm³/mol. The van der Waals surface area contributed by atoms with Gasteiger partial charge in [0.1, 0.15) is 17.3 Å². The lowest BCUT2D eigenvalue weighted by molar-refractivity contribution is 0.0593. The third-order valence-electron chi connectivity index (χ3n) is 7.74. The van der Waals surface area contributed by atoms with Crippen molar-refractivity contribution in [1.82, 2.24) is 25.0 Å². The van der Waals surface area contributed by atoms with E-state index < -0.39 is 18.0 Å². The molecule has 0 unspecified atom stereocenters. The lowest BCUT2D eigenvalue weighted by atomic mass is 9.96. The van der Waals surface area contributed by atoms with Crippen LogP contribution >= 0.6 is 11.6 Å². The highest BCUT2D eigenvalue weighted by Crippen LogP contribution is 2.48. The van der Waals surface area contributed by atoms with Crippen LogP contribution in [0.25, 0.3) is 21.7 Å². The Morgan fingerprint density at radius 3 is 2.67 bits per heavy atom. The first-order valence-corrected chi connectivity index (χ1v) is 14.2. The molecule has 3 heterocycles. The van der Waals surface area contributed by atoms with Gasteiger partial charge in [0.15, 0.2) is 0 Å². The van der Waals surface area contributed by atoms with E-state index in [9.17, 15) is 18.8 Å². The van der Waals surface area contributed by atoms with E-state index in [0.29, 0.717) is 74.3 Å². The average Bonchev–Trinajstić information content (AvgIpc) is 3.64. The summed E-state index contributed by atoms with van der Waals surface area (Å²) in [7, 11) is 0. The molecule has 12 heteroatoms. The highest BCUT2D eigenvalue weighted by Gasteiger charge is 2.54. The predicted octanol–water partition coefficient (Wildman–Crippen LogP) is 6.61. The number of hydrogen-bond acceptors (Lipinski definition) is 7. The zero-order chi connectivity index (χ0) is 30.5. The van der Waals surface area contributed by atoms with Crippen molar-refractivity contribution in [2.45, 2.75) is 51.6 Å². The number of fused-ring (bicyclic) bond motifs is 2. The second kappa shape index (κ2) is 10.6. The van der Waals surface area contributed by atoms with Crippen molar-refractivity contribution in [2.75, 3.05) is 17.2 Å². The topological polar surface area (TPSA) is 124 Å². The summed E-state index contributed by atoms with van der Waals surface area (Å²) in [5.41, 5.74) is 1.50. The quantitative estimate of drug-likeness (QED) is 0.183. The van der Waals surface area contributed by atoms with Gasteiger partial charge in [-0.3, -0.25) is 9.78 Å². The first-order valence-electron chi connectivity index (χ1n) is 13.8. The number of pyridine rings is 2. The Morgan fingerprint density at radius 1 is 1.19 bits per heavy atom. The molecule has 1 saturated carbocycles. The van der Waals surface area contributed by atoms with Gasteiger partial charge in [0.25, 0.3) is 12.0 Å². The highest BCUT2D eigenvalue weighted by atomic mass is 35.5. The summed E-state index contributed by atoms with van der Waals surface area (Å²) in [4.78, 5) is 19.8. The molecule has 1 aliphatic carbocycles. The standard InChI is InChI=1S/C31H29ClF2N8O/c1-30(2,3)16-38-25-17(13-35)14-37-26-22(25)11-18(12-23(26)32)39-27(20-5-4-6-21-19(20)7-10-36-28(21)43)24-15-42(41-40-24)31(8-9-31)29(33)34/h4-7,10-12,14-15,27,29,39H,8-9,16H2,1-3H3,(H,36,43)(H,37,38)/t27-/m0/s1. The summed E-state index contributed by atoms with van der Waals surface area (Å²) in [5, 5.41) is 27.3. The molecule has 5 aromatic rings. The van der Waals surface area contributed by atoms with E-state index in [4.69, 9.17) is 11.6 Å². The Labute approximate surface area is 250 Å². The van der Waals surface area contributed by atoms with E-state index in [-0.39, 0.29) is 11.0 Å². The molecule has 220 valence electrons. The maximum Gasteiger partial charge on any atom is 0.263 e. The van der Waals surface area contributed by atoms with Gasteiger partial charge in [0, 0.05) is 35.4 Å². The number of H-pyrrole nitrogens is 1. The highest BCUT2D eigenvalue weighted by molar-refractivity contribution is 6.35. The lowest BCUT2D eigenvalue weighted by Gasteiger charge is -2.23. The van der Waals surface area contributed by atoms with Crippen LogP contribution in [0, 0.1) is 16.7 Å². The van der Waals surface area contributed by atoms with Crippen LogP contribution in [-0.2, 0) is 5.54 Å². The van der Waals surface area contributed by atoms with Gasteiger partial charge in [-0.05, 0) is 53.5 Å². The minimum atomic E-state index is -2.58. The number of nitrogens with zero attached hydrogens (tertiary/aromatic N) is 5. The fourth-order valence-corrected chi connectivity index (χ4v) is 5.52. The fraction of sp³-hybridized carbons (Fsp3) is 0.323. The molecule has 6 rings (SSSR count). The molecule has 9 nitrogen and oxygen atoms in total. The maximum absolute atomic E-state index is 13.9. The first-order chi connectivity index (χ1) is 20.5. The average molecular weight is 603 g/mol. The third-order valence-corrected chi connectivity index (χ3v) is 8.03. The van der Waals surface area contributed by atoms with E-state index in [1.165, 1.54) is 17.1 Å². The van der Waals surface area contributed by atoms with E-state index in [1.807, 2.05) is 12.1 Å². The number of anilines is 2. The number of alkyl halides is 2. The normalized spacial score (nSPS) is 15.0. The zero-order valence-electron chi connectivity index (χ0n) is 23.8. The molecule has 2 aromatic carbocycles. The molecule has 1 aliphatic rings. The third kappa shape index (κ3) is 5.27. The van der Waals surface area contributed by atoms with Gasteiger partial charge in [0.2, 0.25) is 0 Å². The van der Waals surface area contributed by atoms with Crippen molar-refractivity contribution >= 4 is 44.7 Å². The molecule has 3 N–H and O–H groups in total. The smallest absolute Gasteiger partial charge is 0.263 e. The summed E-state index contributed by atoms with van der Waals surface area (Å²) < 4.78 is 29.1. The largest absolute Gasteiger partial charge is 0.383 e. The molecule has 0 spiro atoms. The van der Waals surface area contributed by atoms with Crippen LogP contribution in [0.15, 0.2) is 59.8 Å². The Kier molecular flexibility index (Phi) is 7.05. The maximum atomic E-state index is 13.9. The van der Waals surface area contributed by atoms with Gasteiger partial charge in [-0.2, -0.15) is 5.26 Å².